The van der Waals surface area contributed by atoms with Crippen molar-refractivity contribution < 1.29 is 0 Å². The summed E-state index contributed by atoms with van der Waals surface area (Å²) in [6.45, 7) is 4.52. The molecule has 0 fully saturated rings. The van der Waals surface area contributed by atoms with E-state index in [1.807, 2.05) is 0 Å². The normalized spacial score (nSPS) is 13.4. The van der Waals surface area contributed by atoms with Crippen LogP contribution in [0, 0.1) is 0 Å². The standard InChI is InChI=1S/C5H14B2/c1-3-5(4-6)7-2/h5,7H,3-4,6H2,1-2H3. The highest BCUT2D eigenvalue weighted by Crippen LogP contribution is 2.10. The Hall–Kier alpha value is 0.130. The minimum atomic E-state index is 0.986. The first-order valence-electron chi connectivity index (χ1n) is 3.35. The Labute approximate surface area is 48.3 Å². The molecule has 2 heteroatoms. The van der Waals surface area contributed by atoms with E-state index in [1.165, 1.54) is 20.0 Å². The molecular weight excluding hydrogens is 81.7 g/mol. The van der Waals surface area contributed by atoms with Gasteiger partial charge in [0.15, 0.2) is 0 Å². The highest BCUT2D eigenvalue weighted by molar-refractivity contribution is 6.37. The molecular formula is C5H14B2. The van der Waals surface area contributed by atoms with Gasteiger partial charge in [0.2, 0.25) is 0 Å². The van der Waals surface area contributed by atoms with Gasteiger partial charge in [0, 0.05) is 0 Å². The maximum atomic E-state index is 2.26. The van der Waals surface area contributed by atoms with Crippen molar-refractivity contribution in [1.29, 1.82) is 0 Å². The van der Waals surface area contributed by atoms with Crippen molar-refractivity contribution in [3.8, 4) is 0 Å². The van der Waals surface area contributed by atoms with E-state index in [-0.39, 0.29) is 0 Å². The molecule has 0 aromatic rings. The third-order valence-electron chi connectivity index (χ3n) is 1.73. The van der Waals surface area contributed by atoms with E-state index in [4.69, 9.17) is 0 Å². The monoisotopic (exact) mass is 96.1 g/mol. The molecule has 1 unspecified atom stereocenters. The van der Waals surface area contributed by atoms with Crippen LogP contribution >= 0.6 is 0 Å². The fourth-order valence-corrected chi connectivity index (χ4v) is 0.866. The number of rotatable bonds is 3. The van der Waals surface area contributed by atoms with Gasteiger partial charge in [0.05, 0.1) is 0 Å². The largest absolute Gasteiger partial charge is 0.120 e. The van der Waals surface area contributed by atoms with Crippen LogP contribution in [0.15, 0.2) is 0 Å². The second kappa shape index (κ2) is 4.29. The third-order valence-corrected chi connectivity index (χ3v) is 1.73. The zero-order chi connectivity index (χ0) is 5.70. The van der Waals surface area contributed by atoms with Crippen LogP contribution in [0.1, 0.15) is 13.3 Å². The second-order valence-corrected chi connectivity index (χ2v) is 2.09. The van der Waals surface area contributed by atoms with Crippen molar-refractivity contribution in [3.05, 3.63) is 0 Å². The van der Waals surface area contributed by atoms with Crippen LogP contribution in [0.2, 0.25) is 19.0 Å². The molecule has 0 aliphatic rings. The van der Waals surface area contributed by atoms with Gasteiger partial charge < -0.3 is 0 Å². The highest BCUT2D eigenvalue weighted by Gasteiger charge is 1.97. The Balaban J connectivity index is 2.99. The van der Waals surface area contributed by atoms with Crippen LogP contribution in [0.4, 0.5) is 0 Å². The van der Waals surface area contributed by atoms with E-state index in [0.29, 0.717) is 0 Å². The molecule has 0 N–H and O–H groups in total. The van der Waals surface area contributed by atoms with Gasteiger partial charge in [0.25, 0.3) is 0 Å². The van der Waals surface area contributed by atoms with Crippen LogP contribution in [0.3, 0.4) is 0 Å². The van der Waals surface area contributed by atoms with Gasteiger partial charge >= 0.3 is 0 Å². The summed E-state index contributed by atoms with van der Waals surface area (Å²) in [4.78, 5) is 0. The van der Waals surface area contributed by atoms with Gasteiger partial charge in [-0.2, -0.15) is 0 Å². The van der Waals surface area contributed by atoms with E-state index in [0.717, 1.165) is 5.82 Å². The topological polar surface area (TPSA) is 0 Å². The summed E-state index contributed by atoms with van der Waals surface area (Å²) >= 11 is 0. The summed E-state index contributed by atoms with van der Waals surface area (Å²) in [5.41, 5.74) is 0. The average Bonchev–Trinajstić information content (AvgIpc) is 1.72. The minimum Gasteiger partial charge on any atom is -0.0891 e. The first-order chi connectivity index (χ1) is 3.35. The van der Waals surface area contributed by atoms with E-state index in [9.17, 15) is 0 Å². The predicted octanol–water partition coefficient (Wildman–Crippen LogP) is 0.721. The lowest BCUT2D eigenvalue weighted by atomic mass is 9.61. The Morgan fingerprint density at radius 2 is 2.29 bits per heavy atom. The van der Waals surface area contributed by atoms with E-state index in [2.05, 4.69) is 21.6 Å². The van der Waals surface area contributed by atoms with Crippen LogP contribution in [0.25, 0.3) is 0 Å². The molecule has 0 saturated carbocycles. The molecule has 0 bridgehead atoms. The minimum absolute atomic E-state index is 0.986. The maximum absolute atomic E-state index is 2.26. The Morgan fingerprint density at radius 3 is 2.29 bits per heavy atom. The van der Waals surface area contributed by atoms with E-state index in [1.54, 1.807) is 0 Å². The summed E-state index contributed by atoms with van der Waals surface area (Å²) in [6.07, 6.45) is 2.71. The molecule has 7 heavy (non-hydrogen) atoms. The first kappa shape index (κ1) is 7.13. The van der Waals surface area contributed by atoms with Crippen LogP contribution in [-0.4, -0.2) is 15.1 Å². The molecule has 0 aromatic carbocycles. The lowest BCUT2D eigenvalue weighted by Gasteiger charge is -2.04. The predicted molar refractivity (Wildman–Crippen MR) is 40.4 cm³/mol. The molecule has 0 radical (unpaired) electrons. The second-order valence-electron chi connectivity index (χ2n) is 2.09. The van der Waals surface area contributed by atoms with Crippen molar-refractivity contribution in [3.63, 3.8) is 0 Å². The summed E-state index contributed by atoms with van der Waals surface area (Å²) in [6, 6.07) is 0. The lowest BCUT2D eigenvalue weighted by Crippen LogP contribution is -1.95. The summed E-state index contributed by atoms with van der Waals surface area (Å²) in [5.74, 6) is 0.986. The van der Waals surface area contributed by atoms with Crippen molar-refractivity contribution in [2.75, 3.05) is 0 Å². The maximum Gasteiger partial charge on any atom is 0.120 e. The van der Waals surface area contributed by atoms with Crippen LogP contribution in [-0.2, 0) is 0 Å². The quantitative estimate of drug-likeness (QED) is 0.454. The molecule has 0 heterocycles. The van der Waals surface area contributed by atoms with Gasteiger partial charge in [-0.05, 0) is 0 Å². The smallest absolute Gasteiger partial charge is 0.0891 e. The van der Waals surface area contributed by atoms with Crippen molar-refractivity contribution >= 4 is 15.1 Å². The molecule has 40 valence electrons. The molecule has 0 amide bonds. The fraction of sp³-hybridized carbons (Fsp3) is 1.00. The van der Waals surface area contributed by atoms with Gasteiger partial charge in [-0.1, -0.05) is 32.3 Å². The molecule has 0 saturated heterocycles. The van der Waals surface area contributed by atoms with Crippen molar-refractivity contribution in [1.82, 2.24) is 0 Å². The average molecular weight is 95.8 g/mol. The summed E-state index contributed by atoms with van der Waals surface area (Å²) in [7, 11) is 3.62. The third kappa shape index (κ3) is 2.78. The van der Waals surface area contributed by atoms with Gasteiger partial charge in [0.1, 0.15) is 15.1 Å². The zero-order valence-corrected chi connectivity index (χ0v) is 5.70. The molecule has 0 aromatic heterocycles. The summed E-state index contributed by atoms with van der Waals surface area (Å²) in [5, 5.41) is 0. The van der Waals surface area contributed by atoms with Crippen LogP contribution < -0.4 is 0 Å². The highest BCUT2D eigenvalue weighted by atomic mass is 13.9. The number of hydrogen-bond acceptors (Lipinski definition) is 0. The fourth-order valence-electron chi connectivity index (χ4n) is 0.866. The Bertz CT molecular complexity index is 27.6. The first-order valence-corrected chi connectivity index (χ1v) is 3.35. The van der Waals surface area contributed by atoms with Crippen molar-refractivity contribution in [2.24, 2.45) is 0 Å². The zero-order valence-electron chi connectivity index (χ0n) is 5.70. The van der Waals surface area contributed by atoms with Gasteiger partial charge in [-0.25, -0.2) is 0 Å². The molecule has 1 atom stereocenters. The Kier molecular flexibility index (Phi) is 4.37. The number of hydrogen-bond donors (Lipinski definition) is 0. The van der Waals surface area contributed by atoms with Crippen LogP contribution in [0.5, 0.6) is 0 Å². The molecule has 0 spiro atoms. The molecule has 0 nitrogen and oxygen atoms in total. The van der Waals surface area contributed by atoms with E-state index < -0.39 is 0 Å². The van der Waals surface area contributed by atoms with Crippen molar-refractivity contribution in [2.45, 2.75) is 32.3 Å². The Morgan fingerprint density at radius 1 is 1.71 bits per heavy atom. The molecule has 0 aliphatic carbocycles. The van der Waals surface area contributed by atoms with E-state index >= 15 is 0 Å². The summed E-state index contributed by atoms with van der Waals surface area (Å²) < 4.78 is 0. The SMILES string of the molecule is BCC(BC)CC. The molecule has 0 rings (SSSR count). The van der Waals surface area contributed by atoms with Gasteiger partial charge in [-0.3, -0.25) is 0 Å². The molecule has 0 aliphatic heterocycles. The van der Waals surface area contributed by atoms with Gasteiger partial charge in [-0.15, -0.1) is 0 Å². The lowest BCUT2D eigenvalue weighted by molar-refractivity contribution is 0.869.